The Bertz CT molecular complexity index is 579. The van der Waals surface area contributed by atoms with Gasteiger partial charge in [0, 0.05) is 17.6 Å². The van der Waals surface area contributed by atoms with Gasteiger partial charge in [0.15, 0.2) is 0 Å². The summed E-state index contributed by atoms with van der Waals surface area (Å²) < 4.78 is 37.4. The van der Waals surface area contributed by atoms with E-state index < -0.39 is 11.7 Å². The molecule has 0 N–H and O–H groups in total. The van der Waals surface area contributed by atoms with E-state index in [9.17, 15) is 13.2 Å². The van der Waals surface area contributed by atoms with Crippen LogP contribution in [0.25, 0.3) is 0 Å². The number of hydrogen-bond acceptors (Lipinski definition) is 1. The monoisotopic (exact) mass is 305 g/mol. The van der Waals surface area contributed by atoms with Crippen molar-refractivity contribution in [2.75, 3.05) is 0 Å². The first-order valence-corrected chi connectivity index (χ1v) is 6.08. The van der Waals surface area contributed by atoms with Crippen LogP contribution in [-0.2, 0) is 12.6 Å². The van der Waals surface area contributed by atoms with Crippen LogP contribution in [0.5, 0.6) is 0 Å². The highest BCUT2D eigenvalue weighted by Crippen LogP contribution is 2.31. The lowest BCUT2D eigenvalue weighted by Gasteiger charge is -2.09. The summed E-state index contributed by atoms with van der Waals surface area (Å²) in [6, 6.07) is 7.85. The maximum absolute atomic E-state index is 12.5. The molecule has 1 nitrogen and oxygen atoms in total. The Kier molecular flexibility index (Phi) is 4.02. The molecule has 6 heteroatoms. The lowest BCUT2D eigenvalue weighted by Crippen LogP contribution is -2.06. The molecule has 0 bridgehead atoms. The Balaban J connectivity index is 2.24. The molecule has 1 aromatic carbocycles. The van der Waals surface area contributed by atoms with Crippen LogP contribution in [0.15, 0.2) is 36.5 Å². The summed E-state index contributed by atoms with van der Waals surface area (Å²) in [4.78, 5) is 3.78. The first-order valence-electron chi connectivity index (χ1n) is 5.32. The van der Waals surface area contributed by atoms with Crippen molar-refractivity contribution in [2.45, 2.75) is 12.6 Å². The predicted octanol–water partition coefficient (Wildman–Crippen LogP) is 5.00. The third-order valence-corrected chi connectivity index (χ3v) is 3.11. The van der Waals surface area contributed by atoms with Crippen LogP contribution in [0.4, 0.5) is 13.2 Å². The summed E-state index contributed by atoms with van der Waals surface area (Å²) in [5.74, 6) is 0. The number of alkyl halides is 3. The highest BCUT2D eigenvalue weighted by Gasteiger charge is 2.31. The fraction of sp³-hybridized carbons (Fsp3) is 0.154. The smallest absolute Gasteiger partial charge is 0.259 e. The van der Waals surface area contributed by atoms with Crippen molar-refractivity contribution in [3.05, 3.63) is 63.4 Å². The van der Waals surface area contributed by atoms with Gasteiger partial charge in [0.2, 0.25) is 0 Å². The van der Waals surface area contributed by atoms with E-state index in [1.54, 1.807) is 24.3 Å². The molecule has 0 saturated carbocycles. The molecule has 0 spiro atoms. The van der Waals surface area contributed by atoms with E-state index >= 15 is 0 Å². The van der Waals surface area contributed by atoms with E-state index in [2.05, 4.69) is 4.98 Å². The Labute approximate surface area is 118 Å². The summed E-state index contributed by atoms with van der Waals surface area (Å²) in [7, 11) is 0. The van der Waals surface area contributed by atoms with Gasteiger partial charge in [-0.3, -0.25) is 4.98 Å². The summed E-state index contributed by atoms with van der Waals surface area (Å²) in [5.41, 5.74) is 0.424. The molecule has 0 radical (unpaired) electrons. The fourth-order valence-corrected chi connectivity index (χ4v) is 1.91. The Morgan fingerprint density at radius 1 is 1.05 bits per heavy atom. The maximum Gasteiger partial charge on any atom is 0.417 e. The third-order valence-electron chi connectivity index (χ3n) is 2.53. The molecule has 0 aliphatic rings. The molecule has 0 unspecified atom stereocenters. The number of benzene rings is 1. The zero-order chi connectivity index (χ0) is 14.0. The third kappa shape index (κ3) is 3.61. The van der Waals surface area contributed by atoms with E-state index in [1.165, 1.54) is 0 Å². The van der Waals surface area contributed by atoms with Crippen molar-refractivity contribution in [1.29, 1.82) is 0 Å². The second kappa shape index (κ2) is 5.39. The quantitative estimate of drug-likeness (QED) is 0.761. The lowest BCUT2D eigenvalue weighted by molar-refractivity contribution is -0.137. The summed E-state index contributed by atoms with van der Waals surface area (Å²) in [6.45, 7) is 0. The minimum atomic E-state index is -4.44. The van der Waals surface area contributed by atoms with Gasteiger partial charge in [-0.2, -0.15) is 13.2 Å². The van der Waals surface area contributed by atoms with Gasteiger partial charge >= 0.3 is 6.18 Å². The van der Waals surface area contributed by atoms with Crippen molar-refractivity contribution in [1.82, 2.24) is 4.98 Å². The number of hydrogen-bond donors (Lipinski definition) is 0. The van der Waals surface area contributed by atoms with E-state index in [0.29, 0.717) is 17.1 Å². The molecule has 0 amide bonds. The molecular formula is C13H8Cl2F3N. The topological polar surface area (TPSA) is 12.9 Å². The zero-order valence-electron chi connectivity index (χ0n) is 9.51. The molecule has 0 aliphatic heterocycles. The van der Waals surface area contributed by atoms with E-state index in [0.717, 1.165) is 17.8 Å². The molecule has 2 rings (SSSR count). The fourth-order valence-electron chi connectivity index (χ4n) is 1.55. The van der Waals surface area contributed by atoms with E-state index in [-0.39, 0.29) is 5.02 Å². The van der Waals surface area contributed by atoms with E-state index in [4.69, 9.17) is 23.2 Å². The second-order valence-corrected chi connectivity index (χ2v) is 4.80. The standard InChI is InChI=1S/C13H8Cl2F3N/c14-10-3-1-8(2-4-10)5-12-11(15)6-9(7-19-12)13(16,17)18/h1-4,6-7H,5H2. The van der Waals surface area contributed by atoms with Crippen LogP contribution in [0, 0.1) is 0 Å². The lowest BCUT2D eigenvalue weighted by atomic mass is 10.1. The molecule has 0 atom stereocenters. The molecule has 2 aromatic rings. The molecule has 19 heavy (non-hydrogen) atoms. The van der Waals surface area contributed by atoms with Gasteiger partial charge in [-0.05, 0) is 23.8 Å². The van der Waals surface area contributed by atoms with Crippen molar-refractivity contribution >= 4 is 23.2 Å². The highest BCUT2D eigenvalue weighted by atomic mass is 35.5. The van der Waals surface area contributed by atoms with Crippen molar-refractivity contribution < 1.29 is 13.2 Å². The number of halogens is 5. The van der Waals surface area contributed by atoms with Crippen molar-refractivity contribution in [2.24, 2.45) is 0 Å². The molecule has 100 valence electrons. The van der Waals surface area contributed by atoms with Gasteiger partial charge in [0.05, 0.1) is 16.3 Å². The Morgan fingerprint density at radius 2 is 1.68 bits per heavy atom. The van der Waals surface area contributed by atoms with Crippen LogP contribution in [-0.4, -0.2) is 4.98 Å². The number of pyridine rings is 1. The molecule has 0 fully saturated rings. The molecular weight excluding hydrogens is 298 g/mol. The van der Waals surface area contributed by atoms with Gasteiger partial charge in [-0.15, -0.1) is 0 Å². The molecule has 0 aliphatic carbocycles. The molecule has 0 saturated heterocycles. The van der Waals surface area contributed by atoms with Crippen LogP contribution in [0.2, 0.25) is 10.0 Å². The van der Waals surface area contributed by atoms with Gasteiger partial charge in [-0.1, -0.05) is 35.3 Å². The average molecular weight is 306 g/mol. The van der Waals surface area contributed by atoms with Crippen molar-refractivity contribution in [3.63, 3.8) is 0 Å². The average Bonchev–Trinajstić information content (AvgIpc) is 2.33. The van der Waals surface area contributed by atoms with Crippen LogP contribution in [0.1, 0.15) is 16.8 Å². The summed E-state index contributed by atoms with van der Waals surface area (Å²) in [5, 5.41) is 0.597. The summed E-state index contributed by atoms with van der Waals surface area (Å²) >= 11 is 11.6. The molecule has 1 aromatic heterocycles. The minimum Gasteiger partial charge on any atom is -0.259 e. The number of nitrogens with zero attached hydrogens (tertiary/aromatic N) is 1. The van der Waals surface area contributed by atoms with Crippen LogP contribution >= 0.6 is 23.2 Å². The van der Waals surface area contributed by atoms with Gasteiger partial charge in [-0.25, -0.2) is 0 Å². The Morgan fingerprint density at radius 3 is 2.21 bits per heavy atom. The highest BCUT2D eigenvalue weighted by molar-refractivity contribution is 6.31. The first kappa shape index (κ1) is 14.2. The van der Waals surface area contributed by atoms with Gasteiger partial charge in [0.25, 0.3) is 0 Å². The number of rotatable bonds is 2. The SMILES string of the molecule is FC(F)(F)c1cnc(Cc2ccc(Cl)cc2)c(Cl)c1. The number of aromatic nitrogens is 1. The summed E-state index contributed by atoms with van der Waals surface area (Å²) in [6.07, 6.45) is -3.29. The Hall–Kier alpha value is -1.26. The normalized spacial score (nSPS) is 11.6. The minimum absolute atomic E-state index is 0.00442. The van der Waals surface area contributed by atoms with Crippen LogP contribution < -0.4 is 0 Å². The van der Waals surface area contributed by atoms with Gasteiger partial charge in [0.1, 0.15) is 0 Å². The van der Waals surface area contributed by atoms with Gasteiger partial charge < -0.3 is 0 Å². The van der Waals surface area contributed by atoms with E-state index in [1.807, 2.05) is 0 Å². The van der Waals surface area contributed by atoms with Crippen molar-refractivity contribution in [3.8, 4) is 0 Å². The second-order valence-electron chi connectivity index (χ2n) is 3.95. The maximum atomic E-state index is 12.5. The molecule has 1 heterocycles. The first-order chi connectivity index (χ1) is 8.86. The zero-order valence-corrected chi connectivity index (χ0v) is 11.0. The largest absolute Gasteiger partial charge is 0.417 e. The predicted molar refractivity (Wildman–Crippen MR) is 68.5 cm³/mol. The van der Waals surface area contributed by atoms with Crippen LogP contribution in [0.3, 0.4) is 0 Å².